The molecule has 0 saturated carbocycles. The van der Waals surface area contributed by atoms with E-state index in [9.17, 15) is 4.79 Å². The lowest BCUT2D eigenvalue weighted by molar-refractivity contribution is -0.135. The Kier molecular flexibility index (Phi) is 6.39. The van der Waals surface area contributed by atoms with Crippen molar-refractivity contribution in [3.05, 3.63) is 0 Å². The lowest BCUT2D eigenvalue weighted by Gasteiger charge is -2.39. The van der Waals surface area contributed by atoms with Crippen LogP contribution in [0.4, 0.5) is 0 Å². The zero-order chi connectivity index (χ0) is 15.2. The van der Waals surface area contributed by atoms with Gasteiger partial charge in [0.2, 0.25) is 5.91 Å². The Bertz CT molecular complexity index is 364. The van der Waals surface area contributed by atoms with Gasteiger partial charge in [-0.15, -0.1) is 0 Å². The molecule has 2 aliphatic rings. The highest BCUT2D eigenvalue weighted by Crippen LogP contribution is 2.18. The lowest BCUT2D eigenvalue weighted by Crippen LogP contribution is -2.55. The van der Waals surface area contributed by atoms with Gasteiger partial charge in [0.1, 0.15) is 0 Å². The van der Waals surface area contributed by atoms with E-state index in [-0.39, 0.29) is 18.1 Å². The van der Waals surface area contributed by atoms with E-state index in [0.717, 1.165) is 58.5 Å². The number of hydrogen-bond donors (Lipinski definition) is 1. The van der Waals surface area contributed by atoms with Gasteiger partial charge in [-0.2, -0.15) is 0 Å². The van der Waals surface area contributed by atoms with E-state index in [4.69, 9.17) is 22.7 Å². The van der Waals surface area contributed by atoms with Crippen molar-refractivity contribution < 1.29 is 9.53 Å². The van der Waals surface area contributed by atoms with E-state index in [1.54, 1.807) is 0 Å². The molecule has 2 heterocycles. The number of nitrogens with two attached hydrogens (primary N) is 1. The molecule has 2 saturated heterocycles. The van der Waals surface area contributed by atoms with Crippen molar-refractivity contribution in [3.63, 3.8) is 0 Å². The van der Waals surface area contributed by atoms with E-state index in [1.165, 1.54) is 0 Å². The van der Waals surface area contributed by atoms with Gasteiger partial charge in [-0.05, 0) is 19.3 Å². The van der Waals surface area contributed by atoms with Crippen LogP contribution in [0, 0.1) is 0 Å². The molecule has 2 N–H and O–H groups in total. The molecule has 1 amide bonds. The molecular weight excluding hydrogens is 286 g/mol. The average molecular weight is 313 g/mol. The second kappa shape index (κ2) is 8.06. The van der Waals surface area contributed by atoms with E-state index in [1.807, 2.05) is 4.90 Å². The van der Waals surface area contributed by atoms with Crippen LogP contribution in [0.5, 0.6) is 0 Å². The minimum absolute atomic E-state index is 0.139. The van der Waals surface area contributed by atoms with Crippen molar-refractivity contribution in [2.45, 2.75) is 51.2 Å². The van der Waals surface area contributed by atoms with Crippen LogP contribution in [0.1, 0.15) is 39.0 Å². The van der Waals surface area contributed by atoms with Gasteiger partial charge in [0.25, 0.3) is 0 Å². The van der Waals surface area contributed by atoms with Gasteiger partial charge < -0.3 is 15.4 Å². The van der Waals surface area contributed by atoms with Crippen molar-refractivity contribution in [2.24, 2.45) is 5.73 Å². The Labute approximate surface area is 132 Å². The van der Waals surface area contributed by atoms with Crippen LogP contribution in [-0.2, 0) is 9.53 Å². The molecule has 2 rings (SSSR count). The van der Waals surface area contributed by atoms with Gasteiger partial charge in [-0.1, -0.05) is 25.6 Å². The largest absolute Gasteiger partial charge is 0.392 e. The number of piperazine rings is 1. The molecule has 2 atom stereocenters. The highest BCUT2D eigenvalue weighted by Gasteiger charge is 2.28. The van der Waals surface area contributed by atoms with Gasteiger partial charge in [-0.3, -0.25) is 9.69 Å². The Balaban J connectivity index is 1.78. The number of carbonyl (C=O) groups is 1. The first-order valence-corrected chi connectivity index (χ1v) is 8.45. The van der Waals surface area contributed by atoms with Crippen LogP contribution < -0.4 is 5.73 Å². The summed E-state index contributed by atoms with van der Waals surface area (Å²) in [6, 6.07) is 0.181. The fraction of sp³-hybridized carbons (Fsp3) is 0.867. The smallest absolute Gasteiger partial charge is 0.225 e. The van der Waals surface area contributed by atoms with Crippen molar-refractivity contribution >= 4 is 23.1 Å². The first-order chi connectivity index (χ1) is 10.1. The summed E-state index contributed by atoms with van der Waals surface area (Å²) in [7, 11) is 0. The minimum atomic E-state index is 0.139. The summed E-state index contributed by atoms with van der Waals surface area (Å²) >= 11 is 5.18. The summed E-state index contributed by atoms with van der Waals surface area (Å²) < 4.78 is 5.55. The van der Waals surface area contributed by atoms with Gasteiger partial charge in [-0.25, -0.2) is 0 Å². The molecule has 120 valence electrons. The molecule has 5 nitrogen and oxygen atoms in total. The van der Waals surface area contributed by atoms with Gasteiger partial charge in [0, 0.05) is 32.8 Å². The normalized spacial score (nSPS) is 25.0. The fourth-order valence-electron chi connectivity index (χ4n) is 3.19. The number of rotatable bonds is 6. The second-order valence-corrected chi connectivity index (χ2v) is 6.43. The summed E-state index contributed by atoms with van der Waals surface area (Å²) in [6.07, 6.45) is 4.84. The maximum absolute atomic E-state index is 12.3. The standard InChI is InChI=1S/C15H27N3O2S/c1-2-4-13(15(16)21)17-6-8-18(9-7-17)14(19)11-12-5-3-10-20-12/h12-13H,2-11H2,1H3,(H2,16,21). The van der Waals surface area contributed by atoms with E-state index in [2.05, 4.69) is 11.8 Å². The zero-order valence-electron chi connectivity index (χ0n) is 12.9. The number of hydrogen-bond acceptors (Lipinski definition) is 4. The molecule has 0 spiro atoms. The van der Waals surface area contributed by atoms with Gasteiger partial charge >= 0.3 is 0 Å². The number of carbonyl (C=O) groups excluding carboxylic acids is 1. The molecule has 0 aromatic heterocycles. The van der Waals surface area contributed by atoms with E-state index < -0.39 is 0 Å². The maximum Gasteiger partial charge on any atom is 0.225 e. The molecular formula is C15H27N3O2S. The SMILES string of the molecule is CCCC(C(N)=S)N1CCN(C(=O)CC2CCCO2)CC1. The molecule has 2 aliphatic heterocycles. The van der Waals surface area contributed by atoms with Crippen LogP contribution in [0.3, 0.4) is 0 Å². The van der Waals surface area contributed by atoms with Crippen LogP contribution >= 0.6 is 12.2 Å². The van der Waals surface area contributed by atoms with Crippen molar-refractivity contribution in [1.82, 2.24) is 9.80 Å². The van der Waals surface area contributed by atoms with Gasteiger partial charge in [0.15, 0.2) is 0 Å². The van der Waals surface area contributed by atoms with Crippen LogP contribution in [0.15, 0.2) is 0 Å². The Morgan fingerprint density at radius 2 is 2.10 bits per heavy atom. The van der Waals surface area contributed by atoms with E-state index >= 15 is 0 Å². The Hall–Kier alpha value is -0.720. The summed E-state index contributed by atoms with van der Waals surface area (Å²) in [5.74, 6) is 0.226. The van der Waals surface area contributed by atoms with Crippen LogP contribution in [0.25, 0.3) is 0 Å². The van der Waals surface area contributed by atoms with Crippen molar-refractivity contribution in [2.75, 3.05) is 32.8 Å². The van der Waals surface area contributed by atoms with Gasteiger partial charge in [0.05, 0.1) is 23.6 Å². The number of nitrogens with zero attached hydrogens (tertiary/aromatic N) is 2. The molecule has 0 radical (unpaired) electrons. The highest BCUT2D eigenvalue weighted by molar-refractivity contribution is 7.80. The van der Waals surface area contributed by atoms with Crippen LogP contribution in [-0.4, -0.2) is 65.6 Å². The molecule has 0 aromatic carbocycles. The summed E-state index contributed by atoms with van der Waals surface area (Å²) in [5, 5.41) is 0. The quantitative estimate of drug-likeness (QED) is 0.746. The number of thiocarbonyl (C=S) groups is 1. The summed E-state index contributed by atoms with van der Waals surface area (Å²) in [6.45, 7) is 6.21. The predicted molar refractivity (Wildman–Crippen MR) is 87.2 cm³/mol. The number of amides is 1. The van der Waals surface area contributed by atoms with Crippen molar-refractivity contribution in [3.8, 4) is 0 Å². The third-order valence-corrected chi connectivity index (χ3v) is 4.70. The minimum Gasteiger partial charge on any atom is -0.392 e. The molecule has 0 aromatic rings. The maximum atomic E-state index is 12.3. The molecule has 21 heavy (non-hydrogen) atoms. The topological polar surface area (TPSA) is 58.8 Å². The molecule has 6 heteroatoms. The molecule has 2 unspecified atom stereocenters. The first-order valence-electron chi connectivity index (χ1n) is 8.04. The summed E-state index contributed by atoms with van der Waals surface area (Å²) in [5.41, 5.74) is 5.85. The molecule has 0 bridgehead atoms. The Morgan fingerprint density at radius 3 is 2.62 bits per heavy atom. The van der Waals surface area contributed by atoms with E-state index in [0.29, 0.717) is 11.4 Å². The molecule has 0 aliphatic carbocycles. The second-order valence-electron chi connectivity index (χ2n) is 5.96. The monoisotopic (exact) mass is 313 g/mol. The highest BCUT2D eigenvalue weighted by atomic mass is 32.1. The predicted octanol–water partition coefficient (Wildman–Crippen LogP) is 1.15. The average Bonchev–Trinajstić information content (AvgIpc) is 2.97. The van der Waals surface area contributed by atoms with Crippen molar-refractivity contribution in [1.29, 1.82) is 0 Å². The first kappa shape index (κ1) is 16.6. The third kappa shape index (κ3) is 4.63. The Morgan fingerprint density at radius 1 is 1.38 bits per heavy atom. The van der Waals surface area contributed by atoms with Crippen LogP contribution in [0.2, 0.25) is 0 Å². The lowest BCUT2D eigenvalue weighted by atomic mass is 10.1. The molecule has 2 fully saturated rings. The zero-order valence-corrected chi connectivity index (χ0v) is 13.7. The summed E-state index contributed by atoms with van der Waals surface area (Å²) in [4.78, 5) is 17.1. The number of ether oxygens (including phenoxy) is 1. The third-order valence-electron chi connectivity index (χ3n) is 4.42. The fourth-order valence-corrected chi connectivity index (χ4v) is 3.46.